The summed E-state index contributed by atoms with van der Waals surface area (Å²) in [5.74, 6) is 1.36. The predicted molar refractivity (Wildman–Crippen MR) is 92.0 cm³/mol. The van der Waals surface area contributed by atoms with Crippen molar-refractivity contribution >= 4 is 5.91 Å². The molecular formula is C18H19N5O3. The van der Waals surface area contributed by atoms with Gasteiger partial charge in [-0.15, -0.1) is 10.2 Å². The van der Waals surface area contributed by atoms with Gasteiger partial charge < -0.3 is 13.7 Å². The van der Waals surface area contributed by atoms with Gasteiger partial charge in [0.1, 0.15) is 0 Å². The standard InChI is InChI=1S/C18H19N5O3/c24-18(15-5-2-11-25-15)23-8-3-7-22(9-10-23)13-16-20-21-17(26-16)14-4-1-6-19-12-14/h1-2,4-6,11-12H,3,7-10,13H2. The number of aromatic nitrogens is 3. The van der Waals surface area contributed by atoms with Crippen LogP contribution in [0.3, 0.4) is 0 Å². The van der Waals surface area contributed by atoms with E-state index in [1.165, 1.54) is 6.26 Å². The van der Waals surface area contributed by atoms with Crippen LogP contribution in [0, 0.1) is 0 Å². The Morgan fingerprint density at radius 1 is 1.12 bits per heavy atom. The maximum atomic E-state index is 12.4. The Bertz CT molecular complexity index is 847. The van der Waals surface area contributed by atoms with E-state index in [1.54, 1.807) is 24.5 Å². The highest BCUT2D eigenvalue weighted by molar-refractivity contribution is 5.91. The van der Waals surface area contributed by atoms with E-state index < -0.39 is 0 Å². The van der Waals surface area contributed by atoms with Crippen LogP contribution in [0.25, 0.3) is 11.5 Å². The fourth-order valence-corrected chi connectivity index (χ4v) is 3.00. The molecular weight excluding hydrogens is 334 g/mol. The molecule has 3 aromatic heterocycles. The van der Waals surface area contributed by atoms with Crippen molar-refractivity contribution in [1.82, 2.24) is 25.0 Å². The molecule has 0 aromatic carbocycles. The van der Waals surface area contributed by atoms with Crippen LogP contribution in [0.2, 0.25) is 0 Å². The Morgan fingerprint density at radius 2 is 2.08 bits per heavy atom. The monoisotopic (exact) mass is 353 g/mol. The number of hydrogen-bond donors (Lipinski definition) is 0. The van der Waals surface area contributed by atoms with Gasteiger partial charge in [-0.3, -0.25) is 14.7 Å². The summed E-state index contributed by atoms with van der Waals surface area (Å²) >= 11 is 0. The number of pyridine rings is 1. The number of amides is 1. The number of hydrogen-bond acceptors (Lipinski definition) is 7. The largest absolute Gasteiger partial charge is 0.459 e. The average Bonchev–Trinajstić information content (AvgIpc) is 3.31. The molecule has 4 heterocycles. The van der Waals surface area contributed by atoms with E-state index in [-0.39, 0.29) is 5.91 Å². The van der Waals surface area contributed by atoms with Gasteiger partial charge in [-0.05, 0) is 30.7 Å². The zero-order valence-electron chi connectivity index (χ0n) is 14.2. The fourth-order valence-electron chi connectivity index (χ4n) is 3.00. The second-order valence-electron chi connectivity index (χ2n) is 6.14. The lowest BCUT2D eigenvalue weighted by atomic mass is 10.3. The molecule has 3 aromatic rings. The summed E-state index contributed by atoms with van der Waals surface area (Å²) in [5.41, 5.74) is 0.803. The van der Waals surface area contributed by atoms with Crippen molar-refractivity contribution in [1.29, 1.82) is 0 Å². The molecule has 1 saturated heterocycles. The molecule has 26 heavy (non-hydrogen) atoms. The molecule has 1 aliphatic heterocycles. The van der Waals surface area contributed by atoms with Crippen molar-refractivity contribution in [3.8, 4) is 11.5 Å². The first-order chi connectivity index (χ1) is 12.8. The Labute approximate surface area is 150 Å². The first-order valence-corrected chi connectivity index (χ1v) is 8.57. The van der Waals surface area contributed by atoms with Gasteiger partial charge in [0, 0.05) is 38.6 Å². The third-order valence-electron chi connectivity index (χ3n) is 4.34. The van der Waals surface area contributed by atoms with Crippen LogP contribution in [0.4, 0.5) is 0 Å². The summed E-state index contributed by atoms with van der Waals surface area (Å²) < 4.78 is 11.0. The second kappa shape index (κ2) is 7.49. The smallest absolute Gasteiger partial charge is 0.289 e. The minimum Gasteiger partial charge on any atom is -0.459 e. The van der Waals surface area contributed by atoms with E-state index in [9.17, 15) is 4.79 Å². The molecule has 0 spiro atoms. The van der Waals surface area contributed by atoms with E-state index in [1.807, 2.05) is 17.0 Å². The Hall–Kier alpha value is -3.00. The zero-order valence-corrected chi connectivity index (χ0v) is 14.2. The molecule has 0 radical (unpaired) electrons. The average molecular weight is 353 g/mol. The number of nitrogens with zero attached hydrogens (tertiary/aromatic N) is 5. The van der Waals surface area contributed by atoms with Crippen molar-refractivity contribution < 1.29 is 13.6 Å². The number of carbonyl (C=O) groups excluding carboxylic acids is 1. The maximum absolute atomic E-state index is 12.4. The van der Waals surface area contributed by atoms with Gasteiger partial charge in [-0.2, -0.15) is 0 Å². The molecule has 0 atom stereocenters. The van der Waals surface area contributed by atoms with E-state index in [2.05, 4.69) is 20.1 Å². The lowest BCUT2D eigenvalue weighted by molar-refractivity contribution is 0.0729. The first-order valence-electron chi connectivity index (χ1n) is 8.57. The Kier molecular flexibility index (Phi) is 4.74. The molecule has 134 valence electrons. The molecule has 0 aliphatic carbocycles. The molecule has 8 nitrogen and oxygen atoms in total. The summed E-state index contributed by atoms with van der Waals surface area (Å²) in [6.07, 6.45) is 5.80. The first kappa shape index (κ1) is 16.5. The summed E-state index contributed by atoms with van der Waals surface area (Å²) in [5, 5.41) is 8.22. The lowest BCUT2D eigenvalue weighted by Crippen LogP contribution is -2.34. The van der Waals surface area contributed by atoms with Crippen molar-refractivity contribution in [2.45, 2.75) is 13.0 Å². The maximum Gasteiger partial charge on any atom is 0.289 e. The van der Waals surface area contributed by atoms with Crippen LogP contribution in [0.15, 0.2) is 51.8 Å². The number of furan rings is 1. The predicted octanol–water partition coefficient (Wildman–Crippen LogP) is 2.07. The van der Waals surface area contributed by atoms with Crippen molar-refractivity contribution in [3.05, 3.63) is 54.6 Å². The lowest BCUT2D eigenvalue weighted by Gasteiger charge is -2.20. The van der Waals surface area contributed by atoms with E-state index in [0.717, 1.165) is 25.1 Å². The minimum atomic E-state index is -0.0616. The molecule has 0 unspecified atom stereocenters. The van der Waals surface area contributed by atoms with Crippen LogP contribution in [-0.4, -0.2) is 57.1 Å². The van der Waals surface area contributed by atoms with Crippen LogP contribution in [-0.2, 0) is 6.54 Å². The van der Waals surface area contributed by atoms with E-state index >= 15 is 0 Å². The van der Waals surface area contributed by atoms with Gasteiger partial charge in [0.05, 0.1) is 18.4 Å². The van der Waals surface area contributed by atoms with E-state index in [0.29, 0.717) is 37.2 Å². The molecule has 1 fully saturated rings. The number of rotatable bonds is 4. The second-order valence-corrected chi connectivity index (χ2v) is 6.14. The normalized spacial score (nSPS) is 15.8. The van der Waals surface area contributed by atoms with Gasteiger partial charge in [0.25, 0.3) is 5.91 Å². The van der Waals surface area contributed by atoms with E-state index in [4.69, 9.17) is 8.83 Å². The van der Waals surface area contributed by atoms with Crippen LogP contribution in [0.1, 0.15) is 22.9 Å². The third-order valence-corrected chi connectivity index (χ3v) is 4.34. The van der Waals surface area contributed by atoms with Gasteiger partial charge in [-0.1, -0.05) is 0 Å². The molecule has 1 aliphatic rings. The highest BCUT2D eigenvalue weighted by atomic mass is 16.4. The molecule has 0 saturated carbocycles. The molecule has 1 amide bonds. The van der Waals surface area contributed by atoms with Gasteiger partial charge in [-0.25, -0.2) is 0 Å². The van der Waals surface area contributed by atoms with Crippen molar-refractivity contribution in [2.75, 3.05) is 26.2 Å². The van der Waals surface area contributed by atoms with Crippen molar-refractivity contribution in [3.63, 3.8) is 0 Å². The van der Waals surface area contributed by atoms with Crippen LogP contribution >= 0.6 is 0 Å². The van der Waals surface area contributed by atoms with Crippen LogP contribution in [0.5, 0.6) is 0 Å². The van der Waals surface area contributed by atoms with Crippen molar-refractivity contribution in [2.24, 2.45) is 0 Å². The highest BCUT2D eigenvalue weighted by Gasteiger charge is 2.23. The summed E-state index contributed by atoms with van der Waals surface area (Å²) in [6, 6.07) is 7.14. The zero-order chi connectivity index (χ0) is 17.8. The van der Waals surface area contributed by atoms with Gasteiger partial charge in [0.15, 0.2) is 5.76 Å². The molecule has 0 bridgehead atoms. The SMILES string of the molecule is O=C(c1ccco1)N1CCCN(Cc2nnc(-c3cccnc3)o2)CC1. The fraction of sp³-hybridized carbons (Fsp3) is 0.333. The summed E-state index contributed by atoms with van der Waals surface area (Å²) in [7, 11) is 0. The molecule has 4 rings (SSSR count). The Morgan fingerprint density at radius 3 is 2.88 bits per heavy atom. The quantitative estimate of drug-likeness (QED) is 0.709. The third kappa shape index (κ3) is 3.65. The van der Waals surface area contributed by atoms with Crippen LogP contribution < -0.4 is 0 Å². The molecule has 0 N–H and O–H groups in total. The minimum absolute atomic E-state index is 0.0616. The highest BCUT2D eigenvalue weighted by Crippen LogP contribution is 2.17. The Balaban J connectivity index is 1.36. The van der Waals surface area contributed by atoms with Gasteiger partial charge >= 0.3 is 0 Å². The van der Waals surface area contributed by atoms with Gasteiger partial charge in [0.2, 0.25) is 11.8 Å². The molecule has 8 heteroatoms. The topological polar surface area (TPSA) is 88.5 Å². The number of carbonyl (C=O) groups is 1. The summed E-state index contributed by atoms with van der Waals surface area (Å²) in [6.45, 7) is 3.53. The summed E-state index contributed by atoms with van der Waals surface area (Å²) in [4.78, 5) is 20.5.